The second-order valence-corrected chi connectivity index (χ2v) is 5.17. The fraction of sp³-hybridized carbons (Fsp3) is 0.375. The van der Waals surface area contributed by atoms with E-state index in [2.05, 4.69) is 10.5 Å². The maximum Gasteiger partial charge on any atom is 0.229 e. The summed E-state index contributed by atoms with van der Waals surface area (Å²) in [7, 11) is 0. The molecule has 0 aliphatic carbocycles. The predicted octanol–water partition coefficient (Wildman–Crippen LogP) is 2.21. The number of nitrogens with one attached hydrogen (secondary N) is 1. The third-order valence-electron chi connectivity index (χ3n) is 3.63. The Labute approximate surface area is 124 Å². The van der Waals surface area contributed by atoms with Crippen molar-refractivity contribution >= 4 is 5.91 Å². The number of nitrogens with two attached hydrogens (primary N) is 1. The lowest BCUT2D eigenvalue weighted by molar-refractivity contribution is -0.123. The average Bonchev–Trinajstić information content (AvgIpc) is 2.80. The molecule has 0 aliphatic rings. The van der Waals surface area contributed by atoms with Crippen molar-refractivity contribution in [2.45, 2.75) is 32.7 Å². The van der Waals surface area contributed by atoms with Gasteiger partial charge in [0.25, 0.3) is 0 Å². The average molecular weight is 287 g/mol. The minimum absolute atomic E-state index is 0.0869. The van der Waals surface area contributed by atoms with E-state index in [1.807, 2.05) is 51.1 Å². The molecular weight excluding hydrogens is 266 g/mol. The number of benzene rings is 1. The Morgan fingerprint density at radius 1 is 1.33 bits per heavy atom. The Hall–Kier alpha value is -2.14. The van der Waals surface area contributed by atoms with Gasteiger partial charge in [0.15, 0.2) is 0 Å². The number of amides is 1. The van der Waals surface area contributed by atoms with Gasteiger partial charge in [0.2, 0.25) is 5.91 Å². The van der Waals surface area contributed by atoms with Crippen LogP contribution in [0, 0.1) is 13.8 Å². The molecule has 5 nitrogen and oxygen atoms in total. The minimum Gasteiger partial charge on any atom is -0.361 e. The zero-order valence-electron chi connectivity index (χ0n) is 12.6. The zero-order valence-corrected chi connectivity index (χ0v) is 12.6. The van der Waals surface area contributed by atoms with Gasteiger partial charge < -0.3 is 15.6 Å². The van der Waals surface area contributed by atoms with Gasteiger partial charge in [-0.15, -0.1) is 0 Å². The van der Waals surface area contributed by atoms with Crippen molar-refractivity contribution in [1.82, 2.24) is 10.5 Å². The van der Waals surface area contributed by atoms with Gasteiger partial charge in [0, 0.05) is 12.1 Å². The molecule has 0 aliphatic heterocycles. The van der Waals surface area contributed by atoms with E-state index in [0.717, 1.165) is 22.6 Å². The third kappa shape index (κ3) is 3.31. The van der Waals surface area contributed by atoms with Gasteiger partial charge >= 0.3 is 0 Å². The molecule has 0 bridgehead atoms. The normalized spacial score (nSPS) is 13.7. The topological polar surface area (TPSA) is 81.2 Å². The SMILES string of the molecule is Cc1noc(C)c1C(C)NC(=O)C(CN)c1ccccc1. The van der Waals surface area contributed by atoms with Crippen LogP contribution in [0.15, 0.2) is 34.9 Å². The van der Waals surface area contributed by atoms with Gasteiger partial charge in [-0.05, 0) is 26.3 Å². The molecule has 5 heteroatoms. The fourth-order valence-corrected chi connectivity index (χ4v) is 2.57. The number of hydrogen-bond acceptors (Lipinski definition) is 4. The largest absolute Gasteiger partial charge is 0.361 e. The Kier molecular flexibility index (Phi) is 4.75. The fourth-order valence-electron chi connectivity index (χ4n) is 2.57. The molecule has 1 amide bonds. The highest BCUT2D eigenvalue weighted by Gasteiger charge is 2.23. The van der Waals surface area contributed by atoms with Gasteiger partial charge in [-0.2, -0.15) is 0 Å². The van der Waals surface area contributed by atoms with Gasteiger partial charge in [0.1, 0.15) is 5.76 Å². The van der Waals surface area contributed by atoms with Crippen LogP contribution in [-0.4, -0.2) is 17.6 Å². The Morgan fingerprint density at radius 2 is 2.00 bits per heavy atom. The first-order valence-corrected chi connectivity index (χ1v) is 7.02. The van der Waals surface area contributed by atoms with Crippen LogP contribution in [0.4, 0.5) is 0 Å². The molecule has 2 aromatic rings. The van der Waals surface area contributed by atoms with Gasteiger partial charge in [0.05, 0.1) is 17.7 Å². The molecule has 1 aromatic carbocycles. The maximum absolute atomic E-state index is 12.5. The summed E-state index contributed by atoms with van der Waals surface area (Å²) in [5, 5.41) is 6.91. The van der Waals surface area contributed by atoms with E-state index in [1.165, 1.54) is 0 Å². The Bertz CT molecular complexity index is 588. The Morgan fingerprint density at radius 3 is 2.52 bits per heavy atom. The molecule has 1 aromatic heterocycles. The van der Waals surface area contributed by atoms with Gasteiger partial charge in [-0.3, -0.25) is 4.79 Å². The van der Waals surface area contributed by atoms with Crippen LogP contribution >= 0.6 is 0 Å². The first kappa shape index (κ1) is 15.3. The summed E-state index contributed by atoms with van der Waals surface area (Å²) in [5.41, 5.74) is 8.41. The molecule has 0 spiro atoms. The summed E-state index contributed by atoms with van der Waals surface area (Å²) in [6.07, 6.45) is 0. The van der Waals surface area contributed by atoms with Crippen molar-refractivity contribution in [1.29, 1.82) is 0 Å². The lowest BCUT2D eigenvalue weighted by atomic mass is 9.97. The number of nitrogens with zero attached hydrogens (tertiary/aromatic N) is 1. The van der Waals surface area contributed by atoms with Crippen LogP contribution in [-0.2, 0) is 4.79 Å². The number of hydrogen-bond donors (Lipinski definition) is 2. The van der Waals surface area contributed by atoms with Crippen molar-refractivity contribution in [2.24, 2.45) is 5.73 Å². The molecule has 3 N–H and O–H groups in total. The highest BCUT2D eigenvalue weighted by atomic mass is 16.5. The number of carbonyl (C=O) groups excluding carboxylic acids is 1. The van der Waals surface area contributed by atoms with Crippen LogP contribution in [0.25, 0.3) is 0 Å². The van der Waals surface area contributed by atoms with E-state index in [0.29, 0.717) is 0 Å². The summed E-state index contributed by atoms with van der Waals surface area (Å²) < 4.78 is 5.14. The molecule has 0 saturated carbocycles. The molecule has 112 valence electrons. The third-order valence-corrected chi connectivity index (χ3v) is 3.63. The van der Waals surface area contributed by atoms with E-state index in [1.54, 1.807) is 0 Å². The van der Waals surface area contributed by atoms with Crippen LogP contribution in [0.1, 0.15) is 41.5 Å². The lowest BCUT2D eigenvalue weighted by Crippen LogP contribution is -2.35. The summed E-state index contributed by atoms with van der Waals surface area (Å²) in [4.78, 5) is 12.5. The van der Waals surface area contributed by atoms with E-state index in [9.17, 15) is 4.79 Å². The summed E-state index contributed by atoms with van der Waals surface area (Å²) >= 11 is 0. The Balaban J connectivity index is 2.13. The molecule has 0 saturated heterocycles. The highest BCUT2D eigenvalue weighted by Crippen LogP contribution is 2.22. The lowest BCUT2D eigenvalue weighted by Gasteiger charge is -2.19. The minimum atomic E-state index is -0.353. The van der Waals surface area contributed by atoms with Crippen LogP contribution in [0.2, 0.25) is 0 Å². The summed E-state index contributed by atoms with van der Waals surface area (Å²) in [6, 6.07) is 9.39. The van der Waals surface area contributed by atoms with Crippen molar-refractivity contribution in [2.75, 3.05) is 6.54 Å². The monoisotopic (exact) mass is 287 g/mol. The molecule has 1 heterocycles. The predicted molar refractivity (Wildman–Crippen MR) is 80.8 cm³/mol. The molecule has 2 atom stereocenters. The highest BCUT2D eigenvalue weighted by molar-refractivity contribution is 5.84. The smallest absolute Gasteiger partial charge is 0.229 e. The molecule has 21 heavy (non-hydrogen) atoms. The number of aromatic nitrogens is 1. The first-order chi connectivity index (χ1) is 10.0. The molecule has 0 radical (unpaired) electrons. The summed E-state index contributed by atoms with van der Waals surface area (Å²) in [5.74, 6) is 0.287. The number of aryl methyl sites for hydroxylation is 2. The quantitative estimate of drug-likeness (QED) is 0.883. The number of carbonyl (C=O) groups is 1. The van der Waals surface area contributed by atoms with Crippen molar-refractivity contribution in [3.63, 3.8) is 0 Å². The summed E-state index contributed by atoms with van der Waals surface area (Å²) in [6.45, 7) is 5.90. The first-order valence-electron chi connectivity index (χ1n) is 7.02. The second kappa shape index (κ2) is 6.54. The molecule has 2 unspecified atom stereocenters. The van der Waals surface area contributed by atoms with E-state index >= 15 is 0 Å². The van der Waals surface area contributed by atoms with Crippen LogP contribution in [0.5, 0.6) is 0 Å². The zero-order chi connectivity index (χ0) is 15.4. The van der Waals surface area contributed by atoms with E-state index in [4.69, 9.17) is 10.3 Å². The second-order valence-electron chi connectivity index (χ2n) is 5.17. The maximum atomic E-state index is 12.5. The van der Waals surface area contributed by atoms with E-state index in [-0.39, 0.29) is 24.4 Å². The molecular formula is C16H21N3O2. The molecule has 2 rings (SSSR count). The standard InChI is InChI=1S/C16H21N3O2/c1-10(15-11(2)19-21-12(15)3)18-16(20)14(9-17)13-7-5-4-6-8-13/h4-8,10,14H,9,17H2,1-3H3,(H,18,20). The van der Waals surface area contributed by atoms with Gasteiger partial charge in [-0.25, -0.2) is 0 Å². The van der Waals surface area contributed by atoms with Crippen LogP contribution in [0.3, 0.4) is 0 Å². The van der Waals surface area contributed by atoms with Crippen molar-refractivity contribution in [3.05, 3.63) is 52.9 Å². The van der Waals surface area contributed by atoms with E-state index < -0.39 is 0 Å². The number of rotatable bonds is 5. The van der Waals surface area contributed by atoms with Gasteiger partial charge in [-0.1, -0.05) is 35.5 Å². The molecule has 0 fully saturated rings. The van der Waals surface area contributed by atoms with Crippen LogP contribution < -0.4 is 11.1 Å². The van der Waals surface area contributed by atoms with Crippen molar-refractivity contribution < 1.29 is 9.32 Å². The van der Waals surface area contributed by atoms with Crippen molar-refractivity contribution in [3.8, 4) is 0 Å².